The summed E-state index contributed by atoms with van der Waals surface area (Å²) in [6.07, 6.45) is 0.373. The average molecular weight is 348 g/mol. The molecule has 1 aliphatic heterocycles. The highest BCUT2D eigenvalue weighted by molar-refractivity contribution is 6.01. The van der Waals surface area contributed by atoms with Crippen molar-refractivity contribution in [1.29, 1.82) is 0 Å². The Morgan fingerprint density at radius 2 is 1.85 bits per heavy atom. The lowest BCUT2D eigenvalue weighted by atomic mass is 10.2. The molecule has 4 rings (SSSR count). The minimum Gasteiger partial charge on any atom is -0.422 e. The van der Waals surface area contributed by atoms with Crippen molar-refractivity contribution >= 4 is 28.5 Å². The molecule has 0 spiro atoms. The van der Waals surface area contributed by atoms with Crippen LogP contribution in [0.15, 0.2) is 63.8 Å². The molecule has 0 fully saturated rings. The summed E-state index contributed by atoms with van der Waals surface area (Å²) in [6, 6.07) is 16.1. The zero-order valence-corrected chi connectivity index (χ0v) is 13.9. The first kappa shape index (κ1) is 16.1. The third-order valence-electron chi connectivity index (χ3n) is 4.43. The van der Waals surface area contributed by atoms with E-state index in [9.17, 15) is 14.4 Å². The fourth-order valence-electron chi connectivity index (χ4n) is 3.16. The molecule has 6 heteroatoms. The minimum atomic E-state index is -0.677. The smallest absolute Gasteiger partial charge is 0.349 e. The van der Waals surface area contributed by atoms with Gasteiger partial charge in [0.2, 0.25) is 5.91 Å². The molecule has 0 radical (unpaired) electrons. The topological polar surface area (TPSA) is 79.6 Å². The summed E-state index contributed by atoms with van der Waals surface area (Å²) < 4.78 is 5.18. The lowest BCUT2D eigenvalue weighted by molar-refractivity contribution is -0.117. The van der Waals surface area contributed by atoms with Crippen LogP contribution in [0.1, 0.15) is 15.9 Å². The van der Waals surface area contributed by atoms with Gasteiger partial charge in [-0.25, -0.2) is 4.79 Å². The van der Waals surface area contributed by atoms with Gasteiger partial charge in [-0.1, -0.05) is 36.4 Å². The maximum atomic E-state index is 12.3. The number of nitrogens with one attached hydrogen (secondary N) is 1. The van der Waals surface area contributed by atoms with Crippen molar-refractivity contribution in [1.82, 2.24) is 5.32 Å². The molecule has 1 aromatic heterocycles. The van der Waals surface area contributed by atoms with Crippen molar-refractivity contribution in [3.8, 4) is 0 Å². The first-order valence-corrected chi connectivity index (χ1v) is 8.33. The molecule has 0 saturated carbocycles. The lowest BCUT2D eigenvalue weighted by Crippen LogP contribution is -2.37. The first-order valence-electron chi connectivity index (χ1n) is 8.33. The summed E-state index contributed by atoms with van der Waals surface area (Å²) in [4.78, 5) is 38.1. The van der Waals surface area contributed by atoms with Crippen molar-refractivity contribution in [3.05, 3.63) is 76.1 Å². The summed E-state index contributed by atoms with van der Waals surface area (Å²) in [6.45, 7) is 0.589. The summed E-state index contributed by atoms with van der Waals surface area (Å²) in [5, 5.41) is 3.37. The number of rotatable bonds is 4. The minimum absolute atomic E-state index is 0.00525. The molecule has 26 heavy (non-hydrogen) atoms. The number of benzene rings is 2. The van der Waals surface area contributed by atoms with Crippen molar-refractivity contribution in [2.24, 2.45) is 0 Å². The number of nitrogens with zero attached hydrogens (tertiary/aromatic N) is 1. The first-order chi connectivity index (χ1) is 12.6. The summed E-state index contributed by atoms with van der Waals surface area (Å²) in [5.74, 6) is -0.505. The van der Waals surface area contributed by atoms with E-state index in [0.717, 1.165) is 11.3 Å². The summed E-state index contributed by atoms with van der Waals surface area (Å²) in [5.41, 5.74) is 1.57. The molecule has 0 aliphatic carbocycles. The number of hydrogen-bond donors (Lipinski definition) is 1. The average Bonchev–Trinajstić information content (AvgIpc) is 2.96. The number of anilines is 1. The van der Waals surface area contributed by atoms with Crippen LogP contribution in [-0.4, -0.2) is 24.9 Å². The lowest BCUT2D eigenvalue weighted by Gasteiger charge is -2.17. The molecule has 1 aliphatic rings. The van der Waals surface area contributed by atoms with Gasteiger partial charge in [0, 0.05) is 24.2 Å². The van der Waals surface area contributed by atoms with Crippen LogP contribution in [0.2, 0.25) is 0 Å². The highest BCUT2D eigenvalue weighted by Gasteiger charge is 2.26. The van der Waals surface area contributed by atoms with Crippen molar-refractivity contribution in [2.75, 3.05) is 18.0 Å². The van der Waals surface area contributed by atoms with E-state index in [2.05, 4.69) is 5.32 Å². The largest absolute Gasteiger partial charge is 0.422 e. The van der Waals surface area contributed by atoms with E-state index in [1.165, 1.54) is 6.07 Å². The van der Waals surface area contributed by atoms with Gasteiger partial charge >= 0.3 is 5.63 Å². The summed E-state index contributed by atoms with van der Waals surface area (Å²) in [7, 11) is 0. The van der Waals surface area contributed by atoms with Gasteiger partial charge in [0.25, 0.3) is 5.91 Å². The van der Waals surface area contributed by atoms with E-state index in [4.69, 9.17) is 4.42 Å². The second kappa shape index (κ2) is 6.48. The molecular formula is C20H16N2O4. The predicted molar refractivity (Wildman–Crippen MR) is 97.3 cm³/mol. The number of carbonyl (C=O) groups excluding carboxylic acids is 2. The monoisotopic (exact) mass is 348 g/mol. The van der Waals surface area contributed by atoms with Crippen LogP contribution in [0, 0.1) is 0 Å². The van der Waals surface area contributed by atoms with Crippen LogP contribution in [0.5, 0.6) is 0 Å². The number of amides is 2. The van der Waals surface area contributed by atoms with Crippen LogP contribution in [0.3, 0.4) is 0 Å². The van der Waals surface area contributed by atoms with E-state index in [1.54, 1.807) is 29.2 Å². The Balaban J connectivity index is 1.46. The van der Waals surface area contributed by atoms with E-state index in [0.29, 0.717) is 23.9 Å². The number of para-hydroxylation sites is 2. The highest BCUT2D eigenvalue weighted by atomic mass is 16.4. The predicted octanol–water partition coefficient (Wildman–Crippen LogP) is 2.11. The Morgan fingerprint density at radius 1 is 1.08 bits per heavy atom. The fourth-order valence-corrected chi connectivity index (χ4v) is 3.16. The maximum Gasteiger partial charge on any atom is 0.349 e. The molecule has 2 amide bonds. The van der Waals surface area contributed by atoms with Crippen LogP contribution >= 0.6 is 0 Å². The SMILES string of the molecule is O=C(NCCN1C(=O)Cc2ccccc21)c1cc2ccccc2oc1=O. The maximum absolute atomic E-state index is 12.3. The van der Waals surface area contributed by atoms with Crippen LogP contribution in [-0.2, 0) is 11.2 Å². The zero-order valence-electron chi connectivity index (χ0n) is 13.9. The molecule has 0 saturated heterocycles. The standard InChI is InChI=1S/C20H16N2O4/c23-18-12-13-5-1-3-7-16(13)22(18)10-9-21-19(24)15-11-14-6-2-4-8-17(14)26-20(15)25/h1-8,11H,9-10,12H2,(H,21,24). The van der Waals surface area contributed by atoms with Crippen molar-refractivity contribution < 1.29 is 14.0 Å². The van der Waals surface area contributed by atoms with E-state index < -0.39 is 11.5 Å². The molecule has 1 N–H and O–H groups in total. The Morgan fingerprint density at radius 3 is 2.73 bits per heavy atom. The van der Waals surface area contributed by atoms with Gasteiger partial charge in [-0.3, -0.25) is 9.59 Å². The zero-order chi connectivity index (χ0) is 18.1. The summed E-state index contributed by atoms with van der Waals surface area (Å²) >= 11 is 0. The Kier molecular flexibility index (Phi) is 4.01. The van der Waals surface area contributed by atoms with Crippen LogP contribution < -0.4 is 15.8 Å². The molecule has 2 heterocycles. The second-order valence-electron chi connectivity index (χ2n) is 6.09. The molecule has 0 bridgehead atoms. The van der Waals surface area contributed by atoms with Gasteiger partial charge in [-0.2, -0.15) is 0 Å². The Labute approximate surface area is 149 Å². The molecule has 0 unspecified atom stereocenters. The van der Waals surface area contributed by atoms with E-state index in [-0.39, 0.29) is 18.0 Å². The highest BCUT2D eigenvalue weighted by Crippen LogP contribution is 2.27. The van der Waals surface area contributed by atoms with Crippen LogP contribution in [0.25, 0.3) is 11.0 Å². The van der Waals surface area contributed by atoms with E-state index in [1.807, 2.05) is 24.3 Å². The number of fused-ring (bicyclic) bond motifs is 2. The normalized spacial score (nSPS) is 13.1. The molecule has 2 aromatic carbocycles. The van der Waals surface area contributed by atoms with Gasteiger partial charge < -0.3 is 14.6 Å². The third kappa shape index (κ3) is 2.86. The van der Waals surface area contributed by atoms with Gasteiger partial charge in [0.05, 0.1) is 6.42 Å². The Bertz CT molecular complexity index is 1070. The van der Waals surface area contributed by atoms with Gasteiger partial charge in [0.15, 0.2) is 0 Å². The van der Waals surface area contributed by atoms with Crippen molar-refractivity contribution in [2.45, 2.75) is 6.42 Å². The van der Waals surface area contributed by atoms with Gasteiger partial charge in [0.1, 0.15) is 11.1 Å². The molecule has 3 aromatic rings. The number of hydrogen-bond acceptors (Lipinski definition) is 4. The third-order valence-corrected chi connectivity index (χ3v) is 4.43. The molecule has 130 valence electrons. The number of carbonyl (C=O) groups is 2. The van der Waals surface area contributed by atoms with Gasteiger partial charge in [-0.15, -0.1) is 0 Å². The Hall–Kier alpha value is -3.41. The quantitative estimate of drug-likeness (QED) is 0.733. The molecule has 0 atom stereocenters. The fraction of sp³-hybridized carbons (Fsp3) is 0.150. The van der Waals surface area contributed by atoms with E-state index >= 15 is 0 Å². The van der Waals surface area contributed by atoms with Gasteiger partial charge in [-0.05, 0) is 23.8 Å². The molecule has 6 nitrogen and oxygen atoms in total. The second-order valence-corrected chi connectivity index (χ2v) is 6.09. The molecular weight excluding hydrogens is 332 g/mol. The van der Waals surface area contributed by atoms with Crippen molar-refractivity contribution in [3.63, 3.8) is 0 Å². The van der Waals surface area contributed by atoms with Crippen LogP contribution in [0.4, 0.5) is 5.69 Å².